The number of carbonyl (C=O) groups excluding carboxylic acids is 1. The highest BCUT2D eigenvalue weighted by molar-refractivity contribution is 7.89. The molecule has 1 fully saturated rings. The molecule has 3 aromatic rings. The minimum Gasteiger partial charge on any atom is -0.388 e. The second kappa shape index (κ2) is 9.38. The molecule has 1 aliphatic rings. The fraction of sp³-hybridized carbons (Fsp3) is 0.292. The number of carbonyl (C=O) groups is 1. The Morgan fingerprint density at radius 1 is 0.909 bits per heavy atom. The van der Waals surface area contributed by atoms with E-state index in [1.807, 2.05) is 30.9 Å². The van der Waals surface area contributed by atoms with Crippen LogP contribution in [0, 0.1) is 13.8 Å². The van der Waals surface area contributed by atoms with Gasteiger partial charge < -0.3 is 10.0 Å². The van der Waals surface area contributed by atoms with Gasteiger partial charge in [-0.05, 0) is 37.1 Å². The number of ketones is 1. The summed E-state index contributed by atoms with van der Waals surface area (Å²) >= 11 is 0. The van der Waals surface area contributed by atoms with Crippen LogP contribution < -0.4 is 4.90 Å². The van der Waals surface area contributed by atoms with Crippen molar-refractivity contribution in [3.8, 4) is 11.1 Å². The number of aliphatic hydroxyl groups excluding tert-OH is 1. The molecular weight excluding hydrogens is 440 g/mol. The number of rotatable bonds is 6. The highest BCUT2D eigenvalue weighted by Crippen LogP contribution is 2.25. The van der Waals surface area contributed by atoms with Gasteiger partial charge in [-0.3, -0.25) is 4.79 Å². The average Bonchev–Trinajstić information content (AvgIpc) is 2.83. The van der Waals surface area contributed by atoms with Crippen molar-refractivity contribution in [2.24, 2.45) is 0 Å². The Balaban J connectivity index is 1.44. The molecule has 172 valence electrons. The Morgan fingerprint density at radius 3 is 2.03 bits per heavy atom. The van der Waals surface area contributed by atoms with Crippen molar-refractivity contribution in [3.05, 3.63) is 71.5 Å². The fourth-order valence-electron chi connectivity index (χ4n) is 3.96. The first-order chi connectivity index (χ1) is 15.8. The zero-order chi connectivity index (χ0) is 23.6. The van der Waals surface area contributed by atoms with E-state index in [0.29, 0.717) is 32.1 Å². The quantitative estimate of drug-likeness (QED) is 0.557. The Morgan fingerprint density at radius 2 is 1.48 bits per heavy atom. The van der Waals surface area contributed by atoms with Crippen molar-refractivity contribution >= 4 is 21.8 Å². The van der Waals surface area contributed by atoms with Crippen LogP contribution in [0.3, 0.4) is 0 Å². The molecule has 1 saturated heterocycles. The van der Waals surface area contributed by atoms with Crippen molar-refractivity contribution in [1.82, 2.24) is 14.3 Å². The summed E-state index contributed by atoms with van der Waals surface area (Å²) in [5.74, 6) is -0.0136. The molecule has 0 radical (unpaired) electrons. The van der Waals surface area contributed by atoms with Gasteiger partial charge in [0, 0.05) is 38.6 Å². The van der Waals surface area contributed by atoms with Crippen LogP contribution in [0.25, 0.3) is 11.1 Å². The van der Waals surface area contributed by atoms with Crippen LogP contribution in [0.4, 0.5) is 5.95 Å². The Kier molecular flexibility index (Phi) is 6.55. The molecule has 0 atom stereocenters. The first kappa shape index (κ1) is 23.0. The van der Waals surface area contributed by atoms with Crippen LogP contribution in [-0.4, -0.2) is 66.4 Å². The molecule has 1 aliphatic heterocycles. The number of sulfonamides is 1. The lowest BCUT2D eigenvalue weighted by molar-refractivity contribution is 0.0903. The number of anilines is 1. The van der Waals surface area contributed by atoms with Crippen molar-refractivity contribution in [3.63, 3.8) is 0 Å². The molecule has 1 aromatic heterocycles. The third kappa shape index (κ3) is 4.95. The van der Waals surface area contributed by atoms with E-state index in [2.05, 4.69) is 28.2 Å². The molecule has 8 nitrogen and oxygen atoms in total. The maximum absolute atomic E-state index is 13.2. The lowest BCUT2D eigenvalue weighted by atomic mass is 10.0. The fourth-order valence-corrected chi connectivity index (χ4v) is 5.38. The van der Waals surface area contributed by atoms with Crippen molar-refractivity contribution in [2.45, 2.75) is 18.7 Å². The summed E-state index contributed by atoms with van der Waals surface area (Å²) in [5, 5.41) is 8.92. The second-order valence-electron chi connectivity index (χ2n) is 8.14. The molecule has 2 heterocycles. The first-order valence-electron chi connectivity index (χ1n) is 10.7. The van der Waals surface area contributed by atoms with Gasteiger partial charge in [-0.15, -0.1) is 0 Å². The zero-order valence-electron chi connectivity index (χ0n) is 18.6. The van der Waals surface area contributed by atoms with Crippen molar-refractivity contribution < 1.29 is 18.3 Å². The maximum Gasteiger partial charge on any atom is 0.243 e. The third-order valence-electron chi connectivity index (χ3n) is 5.67. The normalized spacial score (nSPS) is 14.9. The van der Waals surface area contributed by atoms with Crippen LogP contribution in [0.2, 0.25) is 0 Å². The number of aliphatic hydroxyl groups is 1. The van der Waals surface area contributed by atoms with Gasteiger partial charge in [-0.25, -0.2) is 18.4 Å². The first-order valence-corrected chi connectivity index (χ1v) is 12.1. The molecule has 4 rings (SSSR count). The van der Waals surface area contributed by atoms with E-state index in [4.69, 9.17) is 5.11 Å². The third-order valence-corrected chi connectivity index (χ3v) is 7.59. The van der Waals surface area contributed by atoms with Gasteiger partial charge in [0.15, 0.2) is 5.78 Å². The summed E-state index contributed by atoms with van der Waals surface area (Å²) in [5.41, 5.74) is 4.62. The smallest absolute Gasteiger partial charge is 0.243 e. The highest BCUT2D eigenvalue weighted by Gasteiger charge is 2.29. The number of Topliss-reactive ketones (excluding diaryl/α,β-unsaturated/α-hetero) is 1. The summed E-state index contributed by atoms with van der Waals surface area (Å²) in [7, 11) is -3.61. The van der Waals surface area contributed by atoms with Crippen LogP contribution >= 0.6 is 0 Å². The molecule has 2 aromatic carbocycles. The van der Waals surface area contributed by atoms with Gasteiger partial charge in [0.05, 0.1) is 10.5 Å². The molecule has 1 N–H and O–H groups in total. The van der Waals surface area contributed by atoms with Crippen LogP contribution in [0.15, 0.2) is 59.8 Å². The van der Waals surface area contributed by atoms with Gasteiger partial charge in [0.25, 0.3) is 0 Å². The number of nitrogens with zero attached hydrogens (tertiary/aromatic N) is 4. The topological polar surface area (TPSA) is 104 Å². The minimum absolute atomic E-state index is 0.242. The summed E-state index contributed by atoms with van der Waals surface area (Å²) in [6, 6.07) is 13.3. The van der Waals surface area contributed by atoms with Crippen LogP contribution in [0.5, 0.6) is 0 Å². The lowest BCUT2D eigenvalue weighted by Gasteiger charge is -2.34. The predicted molar refractivity (Wildman–Crippen MR) is 126 cm³/mol. The number of benzene rings is 2. The van der Waals surface area contributed by atoms with Crippen LogP contribution in [-0.2, 0) is 10.0 Å². The number of hydrogen-bond donors (Lipinski definition) is 1. The van der Waals surface area contributed by atoms with E-state index in [0.717, 1.165) is 22.3 Å². The molecule has 0 spiro atoms. The van der Waals surface area contributed by atoms with E-state index in [-0.39, 0.29) is 10.5 Å². The van der Waals surface area contributed by atoms with E-state index in [1.165, 1.54) is 16.7 Å². The predicted octanol–water partition coefficient (Wildman–Crippen LogP) is 2.45. The summed E-state index contributed by atoms with van der Waals surface area (Å²) < 4.78 is 27.8. The van der Waals surface area contributed by atoms with Gasteiger partial charge in [-0.1, -0.05) is 41.5 Å². The van der Waals surface area contributed by atoms with E-state index >= 15 is 0 Å². The molecule has 0 unspecified atom stereocenters. The maximum atomic E-state index is 13.2. The molecular formula is C24H26N4O4S. The Hall–Kier alpha value is -3.14. The van der Waals surface area contributed by atoms with E-state index in [9.17, 15) is 13.2 Å². The second-order valence-corrected chi connectivity index (χ2v) is 10.1. The Labute approximate surface area is 193 Å². The SMILES string of the molecule is Cc1cc(C)cc(-c2ccc(S(=O)(=O)N3CCN(c4ncc(C(=O)CO)cn4)CC3)cc2)c1. The largest absolute Gasteiger partial charge is 0.388 e. The summed E-state index contributed by atoms with van der Waals surface area (Å²) in [6.07, 6.45) is 2.75. The minimum atomic E-state index is -3.61. The van der Waals surface area contributed by atoms with Crippen LogP contribution in [0.1, 0.15) is 21.5 Å². The number of piperazine rings is 1. The zero-order valence-corrected chi connectivity index (χ0v) is 19.4. The Bertz CT molecular complexity index is 1230. The number of hydrogen-bond acceptors (Lipinski definition) is 7. The lowest BCUT2D eigenvalue weighted by Crippen LogP contribution is -2.49. The van der Waals surface area contributed by atoms with Crippen molar-refractivity contribution in [1.29, 1.82) is 0 Å². The molecule has 0 bridgehead atoms. The molecule has 0 amide bonds. The number of aryl methyl sites for hydroxylation is 2. The van der Waals surface area contributed by atoms with Gasteiger partial charge in [0.2, 0.25) is 16.0 Å². The van der Waals surface area contributed by atoms with E-state index in [1.54, 1.807) is 12.1 Å². The molecule has 0 aliphatic carbocycles. The average molecular weight is 467 g/mol. The monoisotopic (exact) mass is 466 g/mol. The number of aromatic nitrogens is 2. The van der Waals surface area contributed by atoms with Gasteiger partial charge in [-0.2, -0.15) is 4.31 Å². The summed E-state index contributed by atoms with van der Waals surface area (Å²) in [6.45, 7) is 4.99. The van der Waals surface area contributed by atoms with Gasteiger partial charge in [0.1, 0.15) is 6.61 Å². The van der Waals surface area contributed by atoms with Crippen molar-refractivity contribution in [2.75, 3.05) is 37.7 Å². The van der Waals surface area contributed by atoms with Gasteiger partial charge >= 0.3 is 0 Å². The standard InChI is InChI=1S/C24H26N4O4S/c1-17-11-18(2)13-20(12-17)19-3-5-22(6-4-19)33(31,32)28-9-7-27(8-10-28)24-25-14-21(15-26-24)23(30)16-29/h3-6,11-15,29H,7-10,16H2,1-2H3. The van der Waals surface area contributed by atoms with E-state index < -0.39 is 22.4 Å². The molecule has 33 heavy (non-hydrogen) atoms. The summed E-state index contributed by atoms with van der Waals surface area (Å²) in [4.78, 5) is 22.0. The molecule has 9 heteroatoms. The highest BCUT2D eigenvalue weighted by atomic mass is 32.2. The molecule has 0 saturated carbocycles.